The molecule has 0 spiro atoms. The molecule has 1 amide bonds. The minimum atomic E-state index is -0.394. The van der Waals surface area contributed by atoms with E-state index in [0.29, 0.717) is 22.1 Å². The minimum absolute atomic E-state index is 0.226. The maximum absolute atomic E-state index is 12.5. The average Bonchev–Trinajstić information content (AvgIpc) is 3.26. The number of H-pyrrole nitrogens is 2. The van der Waals surface area contributed by atoms with E-state index in [1.165, 1.54) is 16.8 Å². The molecule has 3 heterocycles. The summed E-state index contributed by atoms with van der Waals surface area (Å²) in [5.74, 6) is -0.394. The van der Waals surface area contributed by atoms with Crippen molar-refractivity contribution in [2.45, 2.75) is 0 Å². The molecule has 1 aromatic carbocycles. The Morgan fingerprint density at radius 1 is 1.20 bits per heavy atom. The summed E-state index contributed by atoms with van der Waals surface area (Å²) in [6.45, 7) is 0. The van der Waals surface area contributed by atoms with E-state index in [4.69, 9.17) is 11.6 Å². The lowest BCUT2D eigenvalue weighted by atomic mass is 10.2. The molecule has 0 saturated carbocycles. The highest BCUT2D eigenvalue weighted by molar-refractivity contribution is 6.30. The zero-order chi connectivity index (χ0) is 17.4. The Hall–Kier alpha value is -3.39. The number of benzene rings is 1. The Balaban J connectivity index is 1.75. The van der Waals surface area contributed by atoms with Gasteiger partial charge < -0.3 is 5.32 Å². The lowest BCUT2D eigenvalue weighted by Crippen LogP contribution is -2.16. The summed E-state index contributed by atoms with van der Waals surface area (Å²) in [7, 11) is 0. The Morgan fingerprint density at radius 2 is 2.00 bits per heavy atom. The Morgan fingerprint density at radius 3 is 2.72 bits per heavy atom. The number of anilines is 1. The van der Waals surface area contributed by atoms with Crippen LogP contribution in [-0.4, -0.2) is 30.7 Å². The number of amides is 1. The first-order chi connectivity index (χ1) is 12.1. The average molecular weight is 355 g/mol. The van der Waals surface area contributed by atoms with Crippen molar-refractivity contribution < 1.29 is 4.79 Å². The third-order valence-electron chi connectivity index (χ3n) is 3.62. The fraction of sp³-hybridized carbons (Fsp3) is 0. The molecule has 0 fully saturated rings. The Bertz CT molecular complexity index is 1110. The number of fused-ring (bicyclic) bond motifs is 1. The molecule has 0 unspecified atom stereocenters. The van der Waals surface area contributed by atoms with Crippen LogP contribution in [0.25, 0.3) is 17.0 Å². The molecule has 3 aromatic heterocycles. The van der Waals surface area contributed by atoms with Gasteiger partial charge in [-0.2, -0.15) is 5.10 Å². The van der Waals surface area contributed by atoms with Crippen LogP contribution in [0.4, 0.5) is 5.69 Å². The van der Waals surface area contributed by atoms with E-state index in [0.717, 1.165) is 0 Å². The first-order valence-corrected chi connectivity index (χ1v) is 7.67. The molecular weight excluding hydrogens is 344 g/mol. The number of carbonyl (C=O) groups is 1. The van der Waals surface area contributed by atoms with Crippen molar-refractivity contribution in [1.29, 1.82) is 0 Å². The molecule has 0 aliphatic heterocycles. The number of hydrogen-bond donors (Lipinski definition) is 3. The first-order valence-electron chi connectivity index (χ1n) is 7.30. The smallest absolute Gasteiger partial charge is 0.273 e. The lowest BCUT2D eigenvalue weighted by Gasteiger charge is -2.04. The van der Waals surface area contributed by atoms with Crippen molar-refractivity contribution in [3.8, 4) is 11.4 Å². The van der Waals surface area contributed by atoms with Gasteiger partial charge in [-0.1, -0.05) is 11.6 Å². The highest BCUT2D eigenvalue weighted by Crippen LogP contribution is 2.17. The normalized spacial score (nSPS) is 10.9. The van der Waals surface area contributed by atoms with Crippen LogP contribution in [-0.2, 0) is 0 Å². The maximum atomic E-state index is 12.5. The molecule has 3 N–H and O–H groups in total. The summed E-state index contributed by atoms with van der Waals surface area (Å²) in [6.07, 6.45) is 3.00. The second-order valence-electron chi connectivity index (χ2n) is 5.26. The number of rotatable bonds is 3. The van der Waals surface area contributed by atoms with Crippen molar-refractivity contribution in [2.24, 2.45) is 0 Å². The van der Waals surface area contributed by atoms with Crippen LogP contribution in [0.5, 0.6) is 0 Å². The molecule has 0 aliphatic carbocycles. The number of carbonyl (C=O) groups excluding carboxylic acids is 1. The van der Waals surface area contributed by atoms with E-state index in [2.05, 4.69) is 25.6 Å². The van der Waals surface area contributed by atoms with Gasteiger partial charge in [0.05, 0.1) is 11.4 Å². The molecule has 0 bridgehead atoms. The fourth-order valence-electron chi connectivity index (χ4n) is 2.42. The molecular formula is C16H11ClN6O2. The van der Waals surface area contributed by atoms with Gasteiger partial charge in [0.1, 0.15) is 5.56 Å². The van der Waals surface area contributed by atoms with E-state index < -0.39 is 5.91 Å². The predicted octanol–water partition coefficient (Wildman–Crippen LogP) is 2.32. The second kappa shape index (κ2) is 5.91. The van der Waals surface area contributed by atoms with Gasteiger partial charge >= 0.3 is 0 Å². The van der Waals surface area contributed by atoms with Crippen LogP contribution in [0.1, 0.15) is 10.4 Å². The minimum Gasteiger partial charge on any atom is -0.322 e. The maximum Gasteiger partial charge on any atom is 0.273 e. The molecule has 0 atom stereocenters. The standard InChI is InChI=1S/C16H11ClN6O2/c17-9-1-3-10(4-2-9)20-16(25)11-8-19-23-14(24)7-13(21-15(11)23)12-5-6-18-22-12/h1-8,19H,(H,18,22)(H,20,25). The summed E-state index contributed by atoms with van der Waals surface area (Å²) >= 11 is 5.84. The zero-order valence-corrected chi connectivity index (χ0v) is 13.4. The topological polar surface area (TPSA) is 108 Å². The van der Waals surface area contributed by atoms with Gasteiger partial charge in [-0.05, 0) is 30.3 Å². The van der Waals surface area contributed by atoms with Crippen LogP contribution in [0.15, 0.2) is 53.6 Å². The molecule has 0 saturated heterocycles. The zero-order valence-electron chi connectivity index (χ0n) is 12.7. The molecule has 0 radical (unpaired) electrons. The van der Waals surface area contributed by atoms with Crippen LogP contribution in [0.2, 0.25) is 5.02 Å². The highest BCUT2D eigenvalue weighted by atomic mass is 35.5. The van der Waals surface area contributed by atoms with E-state index in [9.17, 15) is 9.59 Å². The van der Waals surface area contributed by atoms with Crippen molar-refractivity contribution in [3.63, 3.8) is 0 Å². The van der Waals surface area contributed by atoms with Crippen molar-refractivity contribution in [3.05, 3.63) is 69.7 Å². The molecule has 0 aliphatic rings. The summed E-state index contributed by atoms with van der Waals surface area (Å²) in [6, 6.07) is 9.77. The largest absolute Gasteiger partial charge is 0.322 e. The third kappa shape index (κ3) is 2.79. The van der Waals surface area contributed by atoms with Crippen LogP contribution in [0.3, 0.4) is 0 Å². The van der Waals surface area contributed by atoms with Crippen molar-refractivity contribution >= 4 is 28.8 Å². The number of nitrogens with one attached hydrogen (secondary N) is 3. The molecule has 8 nitrogen and oxygen atoms in total. The summed E-state index contributed by atoms with van der Waals surface area (Å²) < 4.78 is 1.21. The molecule has 9 heteroatoms. The fourth-order valence-corrected chi connectivity index (χ4v) is 2.54. The Kier molecular flexibility index (Phi) is 3.58. The van der Waals surface area contributed by atoms with Gasteiger partial charge in [-0.15, -0.1) is 0 Å². The van der Waals surface area contributed by atoms with Gasteiger partial charge in [-0.25, -0.2) is 9.50 Å². The number of hydrogen-bond acceptors (Lipinski definition) is 4. The van der Waals surface area contributed by atoms with E-state index in [-0.39, 0.29) is 16.8 Å². The number of nitrogens with zero attached hydrogens (tertiary/aromatic N) is 3. The molecule has 124 valence electrons. The van der Waals surface area contributed by atoms with Crippen molar-refractivity contribution in [1.82, 2.24) is 24.8 Å². The number of aromatic amines is 2. The van der Waals surface area contributed by atoms with Gasteiger partial charge in [0.15, 0.2) is 5.65 Å². The van der Waals surface area contributed by atoms with E-state index in [1.807, 2.05) is 0 Å². The summed E-state index contributed by atoms with van der Waals surface area (Å²) in [4.78, 5) is 29.2. The lowest BCUT2D eigenvalue weighted by molar-refractivity contribution is 0.102. The quantitative estimate of drug-likeness (QED) is 0.524. The SMILES string of the molecule is O=C(Nc1ccc(Cl)cc1)c1c[nH]n2c(=O)cc(-c3ccn[nH]3)nc12. The monoisotopic (exact) mass is 354 g/mol. The van der Waals surface area contributed by atoms with Gasteiger partial charge in [0, 0.05) is 29.2 Å². The van der Waals surface area contributed by atoms with Gasteiger partial charge in [0.25, 0.3) is 11.5 Å². The van der Waals surface area contributed by atoms with Crippen LogP contribution < -0.4 is 10.9 Å². The second-order valence-corrected chi connectivity index (χ2v) is 5.69. The van der Waals surface area contributed by atoms with Crippen LogP contribution in [0, 0.1) is 0 Å². The van der Waals surface area contributed by atoms with E-state index >= 15 is 0 Å². The predicted molar refractivity (Wildman–Crippen MR) is 92.8 cm³/mol. The van der Waals surface area contributed by atoms with E-state index in [1.54, 1.807) is 36.5 Å². The number of aromatic nitrogens is 5. The Labute approximate surface area is 145 Å². The molecule has 4 rings (SSSR count). The van der Waals surface area contributed by atoms with Crippen LogP contribution >= 0.6 is 11.6 Å². The highest BCUT2D eigenvalue weighted by Gasteiger charge is 2.16. The molecule has 25 heavy (non-hydrogen) atoms. The van der Waals surface area contributed by atoms with Crippen molar-refractivity contribution in [2.75, 3.05) is 5.32 Å². The first kappa shape index (κ1) is 15.2. The third-order valence-corrected chi connectivity index (χ3v) is 3.87. The van der Waals surface area contributed by atoms with Gasteiger partial charge in [0.2, 0.25) is 0 Å². The van der Waals surface area contributed by atoms with Gasteiger partial charge in [-0.3, -0.25) is 19.8 Å². The molecule has 4 aromatic rings. The summed E-state index contributed by atoms with van der Waals surface area (Å²) in [5.41, 5.74) is 1.71. The summed E-state index contributed by atoms with van der Waals surface area (Å²) in [5, 5.41) is 12.6. The number of halogens is 1.